The number of halogens is 2. The van der Waals surface area contributed by atoms with Crippen molar-refractivity contribution in [3.8, 4) is 11.5 Å². The lowest BCUT2D eigenvalue weighted by Gasteiger charge is -2.25. The van der Waals surface area contributed by atoms with Crippen LogP contribution in [0, 0.1) is 13.7 Å². The monoisotopic (exact) mass is 641 g/mol. The van der Waals surface area contributed by atoms with Gasteiger partial charge in [-0.3, -0.25) is 19.5 Å². The maximum atomic E-state index is 13.7. The summed E-state index contributed by atoms with van der Waals surface area (Å²) in [4.78, 5) is 41.9. The Labute approximate surface area is 226 Å². The number of methoxy groups -OCH3 is 2. The number of benzene rings is 2. The van der Waals surface area contributed by atoms with E-state index in [1.807, 2.05) is 0 Å². The second-order valence-electron chi connectivity index (χ2n) is 7.59. The Morgan fingerprint density at radius 2 is 2.06 bits per heavy atom. The van der Waals surface area contributed by atoms with E-state index in [-0.39, 0.29) is 13.7 Å². The van der Waals surface area contributed by atoms with Crippen molar-refractivity contribution in [3.63, 3.8) is 0 Å². The number of phenols is 1. The third-order valence-electron chi connectivity index (χ3n) is 5.47. The van der Waals surface area contributed by atoms with Crippen LogP contribution in [-0.4, -0.2) is 34.8 Å². The molecule has 0 amide bonds. The molecule has 0 saturated heterocycles. The smallest absolute Gasteiger partial charge is 0.338 e. The fraction of sp³-hybridized carbons (Fsp3) is 0.174. The minimum Gasteiger partial charge on any atom is -0.501 e. The fourth-order valence-electron chi connectivity index (χ4n) is 3.88. The highest BCUT2D eigenvalue weighted by Gasteiger charge is 2.35. The van der Waals surface area contributed by atoms with Crippen LogP contribution in [0.25, 0.3) is 6.08 Å². The zero-order valence-corrected chi connectivity index (χ0v) is 22.7. The molecule has 4 rings (SSSR count). The van der Waals surface area contributed by atoms with E-state index in [4.69, 9.17) is 21.1 Å². The Kier molecular flexibility index (Phi) is 7.20. The SMILES string of the molecule is COC(=O)C1=C(C)N=c2s/c(=C\c3cc(I)c(O)c([N+](=O)[O-])c3)c(=O)n2[C@@H]1c1cc(Cl)ccc1OC. The molecule has 36 heavy (non-hydrogen) atoms. The molecule has 10 nitrogen and oxygen atoms in total. The predicted octanol–water partition coefficient (Wildman–Crippen LogP) is 3.29. The molecule has 186 valence electrons. The molecule has 0 spiro atoms. The molecule has 3 aromatic rings. The van der Waals surface area contributed by atoms with E-state index >= 15 is 0 Å². The Hall–Kier alpha value is -3.23. The third-order valence-corrected chi connectivity index (χ3v) is 7.51. The number of hydrogen-bond donors (Lipinski definition) is 1. The highest BCUT2D eigenvalue weighted by Crippen LogP contribution is 2.37. The van der Waals surface area contributed by atoms with Crippen molar-refractivity contribution < 1.29 is 24.3 Å². The number of nitro groups is 1. The number of nitro benzene ring substituents is 1. The average molecular weight is 642 g/mol. The number of carbonyl (C=O) groups is 1. The van der Waals surface area contributed by atoms with Crippen molar-refractivity contribution in [2.24, 2.45) is 4.99 Å². The first-order chi connectivity index (χ1) is 17.1. The largest absolute Gasteiger partial charge is 0.501 e. The molecular weight excluding hydrogens is 625 g/mol. The first-order valence-electron chi connectivity index (χ1n) is 10.2. The van der Waals surface area contributed by atoms with Crippen molar-refractivity contribution in [1.29, 1.82) is 0 Å². The number of allylic oxidation sites excluding steroid dienone is 1. The molecule has 0 radical (unpaired) electrons. The molecule has 1 aliphatic rings. The molecule has 0 aliphatic carbocycles. The number of esters is 1. The maximum absolute atomic E-state index is 13.7. The number of fused-ring (bicyclic) bond motifs is 1. The Morgan fingerprint density at radius 1 is 1.33 bits per heavy atom. The molecule has 1 atom stereocenters. The van der Waals surface area contributed by atoms with Gasteiger partial charge in [-0.25, -0.2) is 9.79 Å². The Bertz CT molecular complexity index is 1640. The fourth-order valence-corrected chi connectivity index (χ4v) is 5.75. The predicted molar refractivity (Wildman–Crippen MR) is 141 cm³/mol. The third kappa shape index (κ3) is 4.51. The van der Waals surface area contributed by atoms with Crippen LogP contribution in [0.15, 0.2) is 51.4 Å². The quantitative estimate of drug-likeness (QED) is 0.196. The highest BCUT2D eigenvalue weighted by atomic mass is 127. The van der Waals surface area contributed by atoms with Crippen LogP contribution in [0.2, 0.25) is 5.02 Å². The summed E-state index contributed by atoms with van der Waals surface area (Å²) in [5, 5.41) is 21.7. The van der Waals surface area contributed by atoms with Crippen molar-refractivity contribution in [3.05, 3.63) is 91.1 Å². The van der Waals surface area contributed by atoms with E-state index in [1.54, 1.807) is 47.7 Å². The van der Waals surface area contributed by atoms with Gasteiger partial charge in [0.25, 0.3) is 5.56 Å². The summed E-state index contributed by atoms with van der Waals surface area (Å²) in [5.74, 6) is -0.717. The molecule has 0 bridgehead atoms. The Morgan fingerprint density at radius 3 is 2.69 bits per heavy atom. The number of thiazole rings is 1. The zero-order chi connectivity index (χ0) is 26.3. The normalized spacial score (nSPS) is 15.4. The standard InChI is InChI=1S/C23H17ClIN3O7S/c1-10-18(22(31)35-3)19(13-9-12(24)4-5-16(13)34-2)27-21(30)17(36-23(27)26-10)8-11-6-14(25)20(29)15(7-11)28(32)33/h4-9,19,29H,1-3H3/b17-8-/t19-/m1/s1. The van der Waals surface area contributed by atoms with Gasteiger partial charge in [-0.15, -0.1) is 0 Å². The van der Waals surface area contributed by atoms with E-state index in [0.717, 1.165) is 11.3 Å². The van der Waals surface area contributed by atoms with Gasteiger partial charge in [0.15, 0.2) is 4.80 Å². The summed E-state index contributed by atoms with van der Waals surface area (Å²) >= 11 is 9.09. The van der Waals surface area contributed by atoms with Crippen molar-refractivity contribution in [1.82, 2.24) is 4.57 Å². The van der Waals surface area contributed by atoms with Crippen molar-refractivity contribution >= 4 is 63.3 Å². The summed E-state index contributed by atoms with van der Waals surface area (Å²) in [6.45, 7) is 1.64. The zero-order valence-electron chi connectivity index (χ0n) is 18.9. The van der Waals surface area contributed by atoms with Gasteiger partial charge in [-0.1, -0.05) is 22.9 Å². The lowest BCUT2D eigenvalue weighted by atomic mass is 9.95. The van der Waals surface area contributed by atoms with Crippen LogP contribution in [0.3, 0.4) is 0 Å². The van der Waals surface area contributed by atoms with Gasteiger partial charge in [0.2, 0.25) is 5.75 Å². The molecule has 0 fully saturated rings. The van der Waals surface area contributed by atoms with Gasteiger partial charge >= 0.3 is 11.7 Å². The first kappa shape index (κ1) is 25.9. The van der Waals surface area contributed by atoms with Crippen LogP contribution >= 0.6 is 45.5 Å². The summed E-state index contributed by atoms with van der Waals surface area (Å²) in [6, 6.07) is 6.62. The summed E-state index contributed by atoms with van der Waals surface area (Å²) in [5.41, 5.74) is 0.345. The first-order valence-corrected chi connectivity index (χ1v) is 12.5. The number of phenolic OH excluding ortho intramolecular Hbond substituents is 1. The topological polar surface area (TPSA) is 133 Å². The Balaban J connectivity index is 2.02. The second kappa shape index (κ2) is 10.0. The van der Waals surface area contributed by atoms with Gasteiger partial charge < -0.3 is 14.6 Å². The van der Waals surface area contributed by atoms with E-state index in [0.29, 0.717) is 32.4 Å². The van der Waals surface area contributed by atoms with Gasteiger partial charge in [0, 0.05) is 16.7 Å². The molecule has 1 N–H and O–H groups in total. The lowest BCUT2D eigenvalue weighted by Crippen LogP contribution is -2.40. The van der Waals surface area contributed by atoms with Crippen LogP contribution in [0.5, 0.6) is 11.5 Å². The lowest BCUT2D eigenvalue weighted by molar-refractivity contribution is -0.386. The van der Waals surface area contributed by atoms with Gasteiger partial charge in [0.1, 0.15) is 11.8 Å². The molecular formula is C23H17ClIN3O7S. The summed E-state index contributed by atoms with van der Waals surface area (Å²) < 4.78 is 12.3. The van der Waals surface area contributed by atoms with E-state index in [2.05, 4.69) is 4.99 Å². The number of hydrogen-bond acceptors (Lipinski definition) is 9. The average Bonchev–Trinajstić information content (AvgIpc) is 3.13. The van der Waals surface area contributed by atoms with Crippen LogP contribution in [0.4, 0.5) is 5.69 Å². The number of rotatable bonds is 5. The molecule has 1 aliphatic heterocycles. The van der Waals surface area contributed by atoms with Gasteiger partial charge in [-0.2, -0.15) is 0 Å². The van der Waals surface area contributed by atoms with E-state index < -0.39 is 33.9 Å². The molecule has 0 saturated carbocycles. The molecule has 1 aromatic heterocycles. The molecule has 2 heterocycles. The number of ether oxygens (including phenoxy) is 2. The molecule has 2 aromatic carbocycles. The van der Waals surface area contributed by atoms with Crippen LogP contribution < -0.4 is 19.6 Å². The van der Waals surface area contributed by atoms with E-state index in [9.17, 15) is 24.8 Å². The highest BCUT2D eigenvalue weighted by molar-refractivity contribution is 14.1. The number of carbonyl (C=O) groups excluding carboxylic acids is 1. The minimum absolute atomic E-state index is 0.145. The second-order valence-corrected chi connectivity index (χ2v) is 10.2. The number of nitrogens with zero attached hydrogens (tertiary/aromatic N) is 3. The molecule has 0 unspecified atom stereocenters. The number of aromatic hydroxyl groups is 1. The van der Waals surface area contributed by atoms with E-state index in [1.165, 1.54) is 37.0 Å². The molecule has 13 heteroatoms. The van der Waals surface area contributed by atoms with Crippen LogP contribution in [-0.2, 0) is 9.53 Å². The van der Waals surface area contributed by atoms with Gasteiger partial charge in [0.05, 0.1) is 38.5 Å². The van der Waals surface area contributed by atoms with Gasteiger partial charge in [-0.05, 0) is 65.4 Å². The summed E-state index contributed by atoms with van der Waals surface area (Å²) in [7, 11) is 2.70. The summed E-state index contributed by atoms with van der Waals surface area (Å²) in [6.07, 6.45) is 1.47. The van der Waals surface area contributed by atoms with Crippen molar-refractivity contribution in [2.45, 2.75) is 13.0 Å². The number of aromatic nitrogens is 1. The van der Waals surface area contributed by atoms with Crippen LogP contribution in [0.1, 0.15) is 24.1 Å². The minimum atomic E-state index is -0.946. The van der Waals surface area contributed by atoms with Crippen molar-refractivity contribution in [2.75, 3.05) is 14.2 Å². The maximum Gasteiger partial charge on any atom is 0.338 e.